The van der Waals surface area contributed by atoms with Crippen molar-refractivity contribution in [3.8, 4) is 0 Å². The summed E-state index contributed by atoms with van der Waals surface area (Å²) < 4.78 is 10.2. The topological polar surface area (TPSA) is 115 Å². The average molecular weight is 286 g/mol. The second-order valence-electron chi connectivity index (χ2n) is 4.37. The molecule has 3 aromatic heterocycles. The molecule has 0 aromatic carbocycles. The van der Waals surface area contributed by atoms with Crippen LogP contribution in [0.3, 0.4) is 0 Å². The summed E-state index contributed by atoms with van der Waals surface area (Å²) in [6, 6.07) is 5.43. The summed E-state index contributed by atoms with van der Waals surface area (Å²) >= 11 is 0. The van der Waals surface area contributed by atoms with Gasteiger partial charge in [0.2, 0.25) is 0 Å². The molecule has 0 saturated heterocycles. The van der Waals surface area contributed by atoms with Crippen LogP contribution in [-0.4, -0.2) is 15.1 Å². The second kappa shape index (κ2) is 5.53. The number of nitrogens with one attached hydrogen (secondary N) is 2. The Balaban J connectivity index is 1.75. The summed E-state index contributed by atoms with van der Waals surface area (Å²) in [5, 5.41) is 9.91. The van der Waals surface area contributed by atoms with Crippen LogP contribution in [0.1, 0.15) is 11.5 Å². The SMILES string of the molecule is Cc1cc(Nc2ncnc(NCc3ccco3)c2N)no1. The number of nitrogens with zero attached hydrogens (tertiary/aromatic N) is 3. The van der Waals surface area contributed by atoms with Gasteiger partial charge in [-0.2, -0.15) is 0 Å². The van der Waals surface area contributed by atoms with Crippen molar-refractivity contribution < 1.29 is 8.94 Å². The first-order chi connectivity index (χ1) is 10.2. The van der Waals surface area contributed by atoms with Gasteiger partial charge in [0.1, 0.15) is 23.5 Å². The molecule has 3 aromatic rings. The fourth-order valence-electron chi connectivity index (χ4n) is 1.77. The number of hydrogen-bond acceptors (Lipinski definition) is 8. The van der Waals surface area contributed by atoms with Gasteiger partial charge >= 0.3 is 0 Å². The Morgan fingerprint density at radius 1 is 1.29 bits per heavy atom. The molecule has 108 valence electrons. The molecule has 4 N–H and O–H groups in total. The van der Waals surface area contributed by atoms with Crippen LogP contribution >= 0.6 is 0 Å². The summed E-state index contributed by atoms with van der Waals surface area (Å²) in [4.78, 5) is 8.21. The predicted molar refractivity (Wildman–Crippen MR) is 77.0 cm³/mol. The van der Waals surface area contributed by atoms with Crippen molar-refractivity contribution >= 4 is 23.1 Å². The third kappa shape index (κ3) is 2.94. The molecule has 0 aliphatic carbocycles. The lowest BCUT2D eigenvalue weighted by atomic mass is 10.4. The summed E-state index contributed by atoms with van der Waals surface area (Å²) in [5.74, 6) is 3.00. The minimum absolute atomic E-state index is 0.393. The molecule has 8 heteroatoms. The zero-order chi connectivity index (χ0) is 14.7. The molecule has 0 aliphatic heterocycles. The van der Waals surface area contributed by atoms with Gasteiger partial charge in [0.05, 0.1) is 12.8 Å². The van der Waals surface area contributed by atoms with E-state index in [2.05, 4.69) is 25.8 Å². The van der Waals surface area contributed by atoms with Gasteiger partial charge in [-0.05, 0) is 19.1 Å². The molecule has 0 atom stereocenters. The van der Waals surface area contributed by atoms with Crippen LogP contribution in [0.5, 0.6) is 0 Å². The van der Waals surface area contributed by atoms with Crippen molar-refractivity contribution in [2.75, 3.05) is 16.4 Å². The van der Waals surface area contributed by atoms with Crippen molar-refractivity contribution in [3.63, 3.8) is 0 Å². The number of furan rings is 1. The van der Waals surface area contributed by atoms with Crippen molar-refractivity contribution in [3.05, 3.63) is 42.3 Å². The fourth-order valence-corrected chi connectivity index (χ4v) is 1.77. The number of rotatable bonds is 5. The van der Waals surface area contributed by atoms with Gasteiger partial charge in [-0.1, -0.05) is 5.16 Å². The number of aryl methyl sites for hydroxylation is 1. The zero-order valence-corrected chi connectivity index (χ0v) is 11.3. The average Bonchev–Trinajstić information content (AvgIpc) is 3.12. The Kier molecular flexibility index (Phi) is 3.42. The van der Waals surface area contributed by atoms with Crippen LogP contribution in [0, 0.1) is 6.92 Å². The van der Waals surface area contributed by atoms with Gasteiger partial charge in [-0.3, -0.25) is 0 Å². The first-order valence-corrected chi connectivity index (χ1v) is 6.29. The van der Waals surface area contributed by atoms with Crippen LogP contribution in [0.2, 0.25) is 0 Å². The van der Waals surface area contributed by atoms with Crippen LogP contribution in [-0.2, 0) is 6.54 Å². The highest BCUT2D eigenvalue weighted by Crippen LogP contribution is 2.25. The third-order valence-corrected chi connectivity index (χ3v) is 2.77. The van der Waals surface area contributed by atoms with E-state index in [1.54, 1.807) is 19.3 Å². The highest BCUT2D eigenvalue weighted by atomic mass is 16.5. The van der Waals surface area contributed by atoms with Crippen molar-refractivity contribution in [2.45, 2.75) is 13.5 Å². The first-order valence-electron chi connectivity index (χ1n) is 6.29. The highest BCUT2D eigenvalue weighted by Gasteiger charge is 2.10. The number of hydrogen-bond donors (Lipinski definition) is 3. The molecule has 0 spiro atoms. The van der Waals surface area contributed by atoms with E-state index in [1.807, 2.05) is 12.1 Å². The fraction of sp³-hybridized carbons (Fsp3) is 0.154. The smallest absolute Gasteiger partial charge is 0.175 e. The summed E-state index contributed by atoms with van der Waals surface area (Å²) in [6.45, 7) is 2.29. The normalized spacial score (nSPS) is 10.5. The Morgan fingerprint density at radius 3 is 2.86 bits per heavy atom. The van der Waals surface area contributed by atoms with Crippen molar-refractivity contribution in [1.29, 1.82) is 0 Å². The van der Waals surface area contributed by atoms with Gasteiger partial charge in [0.15, 0.2) is 17.5 Å². The minimum Gasteiger partial charge on any atom is -0.467 e. The standard InChI is InChI=1S/C13H14N6O2/c1-8-5-10(19-21-8)18-13-11(14)12(16-7-17-13)15-6-9-3-2-4-20-9/h2-5,7H,6,14H2,1H3,(H2,15,16,17,18,19). The second-order valence-corrected chi connectivity index (χ2v) is 4.37. The van der Waals surface area contributed by atoms with Gasteiger partial charge in [0.25, 0.3) is 0 Å². The van der Waals surface area contributed by atoms with E-state index >= 15 is 0 Å². The van der Waals surface area contributed by atoms with Gasteiger partial charge in [-0.25, -0.2) is 9.97 Å². The first kappa shape index (κ1) is 13.0. The van der Waals surface area contributed by atoms with Crippen LogP contribution in [0.25, 0.3) is 0 Å². The number of nitrogen functional groups attached to an aromatic ring is 1. The van der Waals surface area contributed by atoms with Gasteiger partial charge < -0.3 is 25.3 Å². The molecule has 0 aliphatic rings. The van der Waals surface area contributed by atoms with Crippen LogP contribution in [0.4, 0.5) is 23.1 Å². The molecule has 0 radical (unpaired) electrons. The summed E-state index contributed by atoms with van der Waals surface area (Å²) in [5.41, 5.74) is 6.43. The molecule has 0 unspecified atom stereocenters. The summed E-state index contributed by atoms with van der Waals surface area (Å²) in [7, 11) is 0. The molecule has 8 nitrogen and oxygen atoms in total. The van der Waals surface area contributed by atoms with E-state index in [0.717, 1.165) is 5.76 Å². The van der Waals surface area contributed by atoms with Crippen LogP contribution in [0.15, 0.2) is 39.7 Å². The minimum atomic E-state index is 0.393. The van der Waals surface area contributed by atoms with Gasteiger partial charge in [0, 0.05) is 6.07 Å². The van der Waals surface area contributed by atoms with Crippen molar-refractivity contribution in [1.82, 2.24) is 15.1 Å². The number of nitrogens with two attached hydrogens (primary N) is 1. The molecule has 0 bridgehead atoms. The van der Waals surface area contributed by atoms with E-state index in [-0.39, 0.29) is 0 Å². The van der Waals surface area contributed by atoms with E-state index in [0.29, 0.717) is 35.4 Å². The Morgan fingerprint density at radius 2 is 2.14 bits per heavy atom. The zero-order valence-electron chi connectivity index (χ0n) is 11.3. The molecular formula is C13H14N6O2. The quantitative estimate of drug-likeness (QED) is 0.654. The number of anilines is 4. The Bertz CT molecular complexity index is 722. The van der Waals surface area contributed by atoms with E-state index < -0.39 is 0 Å². The molecular weight excluding hydrogens is 272 g/mol. The lowest BCUT2D eigenvalue weighted by molar-refractivity contribution is 0.400. The van der Waals surface area contributed by atoms with E-state index in [1.165, 1.54) is 6.33 Å². The molecule has 21 heavy (non-hydrogen) atoms. The molecule has 3 rings (SSSR count). The van der Waals surface area contributed by atoms with Crippen LogP contribution < -0.4 is 16.4 Å². The Labute approximate surface area is 120 Å². The monoisotopic (exact) mass is 286 g/mol. The lowest BCUT2D eigenvalue weighted by Crippen LogP contribution is -2.07. The highest BCUT2D eigenvalue weighted by molar-refractivity contribution is 5.76. The van der Waals surface area contributed by atoms with E-state index in [9.17, 15) is 0 Å². The molecule has 0 amide bonds. The summed E-state index contributed by atoms with van der Waals surface area (Å²) in [6.07, 6.45) is 3.02. The lowest BCUT2D eigenvalue weighted by Gasteiger charge is -2.10. The molecule has 0 fully saturated rings. The van der Waals surface area contributed by atoms with Gasteiger partial charge in [-0.15, -0.1) is 0 Å². The number of aromatic nitrogens is 3. The molecule has 3 heterocycles. The van der Waals surface area contributed by atoms with E-state index in [4.69, 9.17) is 14.7 Å². The predicted octanol–water partition coefficient (Wildman–Crippen LogP) is 2.30. The largest absolute Gasteiger partial charge is 0.467 e. The Hall–Kier alpha value is -3.03. The molecule has 0 saturated carbocycles. The van der Waals surface area contributed by atoms with Crippen molar-refractivity contribution in [2.24, 2.45) is 0 Å². The maximum absolute atomic E-state index is 6.04. The maximum atomic E-state index is 6.04. The maximum Gasteiger partial charge on any atom is 0.175 e. The third-order valence-electron chi connectivity index (χ3n) is 2.77.